The Bertz CT molecular complexity index is 331. The van der Waals surface area contributed by atoms with Crippen LogP contribution in [0.25, 0.3) is 0 Å². The van der Waals surface area contributed by atoms with E-state index < -0.39 is 28.1 Å². The molecule has 0 heterocycles. The fourth-order valence-electron chi connectivity index (χ4n) is 1.18. The highest BCUT2D eigenvalue weighted by Crippen LogP contribution is 2.41. The van der Waals surface area contributed by atoms with Gasteiger partial charge in [-0.3, -0.25) is 0 Å². The third-order valence-electron chi connectivity index (χ3n) is 2.21. The lowest BCUT2D eigenvalue weighted by Gasteiger charge is -2.27. The van der Waals surface area contributed by atoms with E-state index in [-0.39, 0.29) is 0 Å². The molecule has 15 heavy (non-hydrogen) atoms. The van der Waals surface area contributed by atoms with Crippen molar-refractivity contribution in [3.63, 3.8) is 0 Å². The molecule has 88 valence electrons. The normalized spacial score (nSPS) is 18.7. The first-order chi connectivity index (χ1) is 6.66. The van der Waals surface area contributed by atoms with Crippen molar-refractivity contribution in [3.05, 3.63) is 0 Å². The fraction of sp³-hybridized carbons (Fsp3) is 0.889. The summed E-state index contributed by atoms with van der Waals surface area (Å²) in [6.45, 7) is 6.85. The van der Waals surface area contributed by atoms with Crippen molar-refractivity contribution in [2.24, 2.45) is 0 Å². The number of ether oxygens (including phenoxy) is 1. The van der Waals surface area contributed by atoms with Gasteiger partial charge < -0.3 is 4.74 Å². The van der Waals surface area contributed by atoms with Crippen molar-refractivity contribution in [2.45, 2.75) is 51.7 Å². The zero-order chi connectivity index (χ0) is 11.9. The second kappa shape index (κ2) is 3.66. The van der Waals surface area contributed by atoms with Crippen molar-refractivity contribution in [2.75, 3.05) is 0 Å². The van der Waals surface area contributed by atoms with Crippen LogP contribution >= 0.6 is 0 Å². The highest BCUT2D eigenvalue weighted by atomic mass is 32.2. The maximum atomic E-state index is 11.6. The van der Waals surface area contributed by atoms with Gasteiger partial charge in [-0.25, -0.2) is 17.5 Å². The van der Waals surface area contributed by atoms with E-state index >= 15 is 0 Å². The van der Waals surface area contributed by atoms with Gasteiger partial charge in [0, 0.05) is 0 Å². The van der Waals surface area contributed by atoms with Crippen molar-refractivity contribution in [3.8, 4) is 0 Å². The summed E-state index contributed by atoms with van der Waals surface area (Å²) in [5.41, 5.74) is -1.23. The van der Waals surface area contributed by atoms with Gasteiger partial charge in [0.2, 0.25) is 10.9 Å². The van der Waals surface area contributed by atoms with Crippen LogP contribution in [0.1, 0.15) is 40.5 Å². The standard InChI is InChI=1S/C9H17NO4S/c1-8(2,3)14-7(11)10(15(12)13)9(4)5-6-9/h15H,5-6H2,1-4H3. The Hall–Kier alpha value is -0.780. The average molecular weight is 235 g/mol. The Morgan fingerprint density at radius 2 is 1.80 bits per heavy atom. The molecule has 0 bridgehead atoms. The number of amides is 1. The second-order valence-corrected chi connectivity index (χ2v) is 5.90. The van der Waals surface area contributed by atoms with E-state index in [4.69, 9.17) is 4.74 Å². The van der Waals surface area contributed by atoms with Crippen molar-refractivity contribution in [1.29, 1.82) is 0 Å². The van der Waals surface area contributed by atoms with Gasteiger partial charge >= 0.3 is 6.09 Å². The number of nitrogens with zero attached hydrogens (tertiary/aromatic N) is 1. The lowest BCUT2D eigenvalue weighted by Crippen LogP contribution is -2.42. The van der Waals surface area contributed by atoms with Gasteiger partial charge in [0.25, 0.3) is 0 Å². The maximum Gasteiger partial charge on any atom is 0.424 e. The third kappa shape index (κ3) is 3.09. The van der Waals surface area contributed by atoms with E-state index in [0.717, 1.165) is 4.31 Å². The monoisotopic (exact) mass is 235 g/mol. The van der Waals surface area contributed by atoms with Gasteiger partial charge in [-0.15, -0.1) is 0 Å². The van der Waals surface area contributed by atoms with Crippen LogP contribution in [0.4, 0.5) is 4.79 Å². The molecule has 1 aliphatic rings. The van der Waals surface area contributed by atoms with E-state index in [9.17, 15) is 13.2 Å². The molecule has 1 saturated carbocycles. The SMILES string of the molecule is CC(C)(C)OC(=O)N([SH](=O)=O)C1(C)CC1. The highest BCUT2D eigenvalue weighted by molar-refractivity contribution is 7.70. The van der Waals surface area contributed by atoms with Crippen LogP contribution in [0.5, 0.6) is 0 Å². The summed E-state index contributed by atoms with van der Waals surface area (Å²) in [6, 6.07) is 0. The minimum Gasteiger partial charge on any atom is -0.443 e. The quantitative estimate of drug-likeness (QED) is 0.733. The Kier molecular flexibility index (Phi) is 3.00. The van der Waals surface area contributed by atoms with E-state index in [0.29, 0.717) is 12.8 Å². The molecular weight excluding hydrogens is 218 g/mol. The molecule has 0 aliphatic heterocycles. The number of rotatable bonds is 2. The van der Waals surface area contributed by atoms with Crippen LogP contribution in [0.3, 0.4) is 0 Å². The molecule has 1 rings (SSSR count). The predicted molar refractivity (Wildman–Crippen MR) is 56.0 cm³/mol. The predicted octanol–water partition coefficient (Wildman–Crippen LogP) is 1.30. The van der Waals surface area contributed by atoms with Crippen LogP contribution in [-0.4, -0.2) is 30.0 Å². The lowest BCUT2D eigenvalue weighted by atomic mass is 10.2. The van der Waals surface area contributed by atoms with Crippen molar-refractivity contribution in [1.82, 2.24) is 4.31 Å². The molecule has 0 saturated heterocycles. The number of hydrogen-bond acceptors (Lipinski definition) is 4. The van der Waals surface area contributed by atoms with Gasteiger partial charge in [-0.05, 0) is 40.5 Å². The minimum atomic E-state index is -2.92. The van der Waals surface area contributed by atoms with Crippen LogP contribution < -0.4 is 0 Å². The summed E-state index contributed by atoms with van der Waals surface area (Å²) in [5, 5.41) is 0. The van der Waals surface area contributed by atoms with Gasteiger partial charge in [-0.2, -0.15) is 0 Å². The average Bonchev–Trinajstić information content (AvgIpc) is 2.62. The molecule has 0 N–H and O–H groups in total. The second-order valence-electron chi connectivity index (χ2n) is 5.03. The van der Waals surface area contributed by atoms with Gasteiger partial charge in [0.15, 0.2) is 0 Å². The summed E-state index contributed by atoms with van der Waals surface area (Å²) >= 11 is 0. The van der Waals surface area contributed by atoms with Gasteiger partial charge in [0.1, 0.15) is 5.60 Å². The maximum absolute atomic E-state index is 11.6. The van der Waals surface area contributed by atoms with E-state index in [2.05, 4.69) is 0 Å². The summed E-state index contributed by atoms with van der Waals surface area (Å²) in [5.74, 6) is 0. The minimum absolute atomic E-state index is 0.558. The summed E-state index contributed by atoms with van der Waals surface area (Å²) in [4.78, 5) is 11.6. The molecular formula is C9H17NO4S. The number of carbonyl (C=O) groups excluding carboxylic acids is 1. The fourth-order valence-corrected chi connectivity index (χ4v) is 1.95. The molecule has 0 aromatic carbocycles. The van der Waals surface area contributed by atoms with Crippen LogP contribution in [0.15, 0.2) is 0 Å². The molecule has 1 aliphatic carbocycles. The highest BCUT2D eigenvalue weighted by Gasteiger charge is 2.49. The van der Waals surface area contributed by atoms with Crippen molar-refractivity contribution >= 4 is 17.0 Å². The molecule has 1 amide bonds. The molecule has 0 radical (unpaired) electrons. The summed E-state index contributed by atoms with van der Waals surface area (Å²) in [6.07, 6.45) is 0.629. The molecule has 1 fully saturated rings. The number of hydrogen-bond donors (Lipinski definition) is 1. The van der Waals surface area contributed by atoms with Crippen LogP contribution in [-0.2, 0) is 15.6 Å². The van der Waals surface area contributed by atoms with Crippen LogP contribution in [0.2, 0.25) is 0 Å². The molecule has 0 unspecified atom stereocenters. The first-order valence-electron chi connectivity index (χ1n) is 4.83. The lowest BCUT2D eigenvalue weighted by molar-refractivity contribution is 0.0338. The Balaban J connectivity index is 2.78. The molecule has 5 nitrogen and oxygen atoms in total. The Morgan fingerprint density at radius 1 is 1.33 bits per heavy atom. The van der Waals surface area contributed by atoms with Gasteiger partial charge in [-0.1, -0.05) is 0 Å². The summed E-state index contributed by atoms with van der Waals surface area (Å²) in [7, 11) is -2.92. The van der Waals surface area contributed by atoms with Crippen molar-refractivity contribution < 1.29 is 17.9 Å². The molecule has 0 spiro atoms. The van der Waals surface area contributed by atoms with E-state index in [1.165, 1.54) is 0 Å². The zero-order valence-electron chi connectivity index (χ0n) is 9.44. The first-order valence-corrected chi connectivity index (χ1v) is 5.96. The third-order valence-corrected chi connectivity index (χ3v) is 3.19. The summed E-state index contributed by atoms with van der Waals surface area (Å²) < 4.78 is 27.8. The zero-order valence-corrected chi connectivity index (χ0v) is 10.3. The smallest absolute Gasteiger partial charge is 0.424 e. The molecule has 0 aromatic heterocycles. The molecule has 0 atom stereocenters. The Labute approximate surface area is 91.5 Å². The number of carbonyl (C=O) groups is 1. The largest absolute Gasteiger partial charge is 0.443 e. The van der Waals surface area contributed by atoms with Gasteiger partial charge in [0.05, 0.1) is 5.54 Å². The van der Waals surface area contributed by atoms with Crippen LogP contribution in [0, 0.1) is 0 Å². The molecule has 6 heteroatoms. The van der Waals surface area contributed by atoms with E-state index in [1.807, 2.05) is 0 Å². The first kappa shape index (κ1) is 12.3. The Morgan fingerprint density at radius 3 is 2.07 bits per heavy atom. The number of thiol groups is 1. The topological polar surface area (TPSA) is 63.7 Å². The van der Waals surface area contributed by atoms with E-state index in [1.54, 1.807) is 27.7 Å². The molecule has 0 aromatic rings.